The Morgan fingerprint density at radius 2 is 1.93 bits per heavy atom. The monoisotopic (exact) mass is 391 g/mol. The number of nitrogens with zero attached hydrogens (tertiary/aromatic N) is 4. The van der Waals surface area contributed by atoms with Crippen LogP contribution >= 0.6 is 0 Å². The van der Waals surface area contributed by atoms with Crippen LogP contribution in [0.1, 0.15) is 46.0 Å². The molecule has 1 amide bonds. The molecule has 0 spiro atoms. The highest BCUT2D eigenvalue weighted by Gasteiger charge is 2.24. The number of carbonyl (C=O) groups is 1. The van der Waals surface area contributed by atoms with Crippen LogP contribution in [0.3, 0.4) is 0 Å². The van der Waals surface area contributed by atoms with Crippen LogP contribution in [0.25, 0.3) is 0 Å². The summed E-state index contributed by atoms with van der Waals surface area (Å²) in [5, 5.41) is 0. The van der Waals surface area contributed by atoms with Crippen molar-refractivity contribution in [3.63, 3.8) is 0 Å². The van der Waals surface area contributed by atoms with E-state index in [0.29, 0.717) is 18.3 Å². The lowest BCUT2D eigenvalue weighted by Gasteiger charge is -2.31. The lowest BCUT2D eigenvalue weighted by Crippen LogP contribution is -2.39. The molecular weight excluding hydrogens is 358 g/mol. The summed E-state index contributed by atoms with van der Waals surface area (Å²) < 4.78 is 11.1. The van der Waals surface area contributed by atoms with Crippen LogP contribution < -0.4 is 15.4 Å². The predicted molar refractivity (Wildman–Crippen MR) is 107 cm³/mol. The third-order valence-electron chi connectivity index (χ3n) is 5.36. The molecule has 8 nitrogen and oxygen atoms in total. The molecule has 2 aliphatic heterocycles. The number of rotatable bonds is 7. The number of hydrogen-bond acceptors (Lipinski definition) is 7. The molecule has 0 aliphatic carbocycles. The van der Waals surface area contributed by atoms with Crippen LogP contribution in [-0.4, -0.2) is 65.9 Å². The van der Waals surface area contributed by atoms with Gasteiger partial charge in [-0.05, 0) is 51.9 Å². The van der Waals surface area contributed by atoms with E-state index in [4.69, 9.17) is 15.2 Å². The van der Waals surface area contributed by atoms with Crippen LogP contribution in [0.2, 0.25) is 0 Å². The minimum atomic E-state index is -0.184. The molecule has 0 radical (unpaired) electrons. The largest absolute Gasteiger partial charge is 0.490 e. The summed E-state index contributed by atoms with van der Waals surface area (Å²) in [4.78, 5) is 24.6. The van der Waals surface area contributed by atoms with Gasteiger partial charge in [-0.2, -0.15) is 0 Å². The molecule has 3 heterocycles. The highest BCUT2D eigenvalue weighted by Crippen LogP contribution is 2.23. The lowest BCUT2D eigenvalue weighted by molar-refractivity contribution is 0.0643. The molecule has 1 atom stereocenters. The number of likely N-dealkylation sites (tertiary alicyclic amines) is 1. The fourth-order valence-electron chi connectivity index (χ4n) is 3.76. The third-order valence-corrected chi connectivity index (χ3v) is 5.36. The minimum absolute atomic E-state index is 0.0617. The zero-order chi connectivity index (χ0) is 19.9. The van der Waals surface area contributed by atoms with Crippen molar-refractivity contribution in [3.8, 4) is 5.75 Å². The molecule has 2 fully saturated rings. The molecular formula is C20H33N5O3. The Kier molecular flexibility index (Phi) is 7.30. The number of amides is 1. The number of hydrogen-bond donors (Lipinski definition) is 1. The molecule has 3 rings (SSSR count). The van der Waals surface area contributed by atoms with E-state index in [-0.39, 0.29) is 18.2 Å². The Hall–Kier alpha value is -2.09. The molecule has 28 heavy (non-hydrogen) atoms. The van der Waals surface area contributed by atoms with E-state index in [1.165, 1.54) is 0 Å². The molecule has 0 saturated carbocycles. The van der Waals surface area contributed by atoms with Crippen molar-refractivity contribution >= 4 is 12.0 Å². The molecule has 2 saturated heterocycles. The van der Waals surface area contributed by atoms with E-state index >= 15 is 0 Å². The second-order valence-corrected chi connectivity index (χ2v) is 8.07. The maximum atomic E-state index is 11.9. The van der Waals surface area contributed by atoms with Gasteiger partial charge in [-0.3, -0.25) is 0 Å². The zero-order valence-electron chi connectivity index (χ0n) is 17.0. The van der Waals surface area contributed by atoms with Crippen LogP contribution in [-0.2, 0) is 4.74 Å². The maximum absolute atomic E-state index is 11.9. The lowest BCUT2D eigenvalue weighted by atomic mass is 9.92. The predicted octanol–water partition coefficient (Wildman–Crippen LogP) is 2.43. The molecule has 0 bridgehead atoms. The first kappa shape index (κ1) is 20.6. The van der Waals surface area contributed by atoms with Gasteiger partial charge in [0.1, 0.15) is 0 Å². The molecule has 1 aromatic heterocycles. The van der Waals surface area contributed by atoms with Gasteiger partial charge in [-0.15, -0.1) is 0 Å². The Labute approximate surface area is 167 Å². The zero-order valence-corrected chi connectivity index (χ0v) is 17.0. The normalized spacial score (nSPS) is 20.6. The topological polar surface area (TPSA) is 93.8 Å². The summed E-state index contributed by atoms with van der Waals surface area (Å²) in [5.41, 5.74) is 5.93. The van der Waals surface area contributed by atoms with Crippen molar-refractivity contribution in [1.82, 2.24) is 14.9 Å². The average molecular weight is 392 g/mol. The second kappa shape index (κ2) is 9.91. The molecule has 1 aromatic rings. The van der Waals surface area contributed by atoms with E-state index in [1.54, 1.807) is 12.4 Å². The van der Waals surface area contributed by atoms with Gasteiger partial charge in [0.25, 0.3) is 0 Å². The highest BCUT2D eigenvalue weighted by atomic mass is 16.6. The van der Waals surface area contributed by atoms with E-state index in [2.05, 4.69) is 14.9 Å². The fourth-order valence-corrected chi connectivity index (χ4v) is 3.76. The van der Waals surface area contributed by atoms with Crippen LogP contribution in [0.4, 0.5) is 10.7 Å². The average Bonchev–Trinajstić information content (AvgIpc) is 3.12. The molecule has 8 heteroatoms. The van der Waals surface area contributed by atoms with E-state index in [9.17, 15) is 4.79 Å². The SMILES string of the molecule is CC(C)OC(=O)N1CCC(CCCOc2cnc(N3CCC(N)C3)nc2)CC1. The number of anilines is 1. The Morgan fingerprint density at radius 3 is 2.54 bits per heavy atom. The third kappa shape index (κ3) is 5.95. The summed E-state index contributed by atoms with van der Waals surface area (Å²) in [6.45, 7) is 7.71. The number of piperidine rings is 1. The van der Waals surface area contributed by atoms with Crippen molar-refractivity contribution in [3.05, 3.63) is 12.4 Å². The van der Waals surface area contributed by atoms with Gasteiger partial charge in [-0.1, -0.05) is 0 Å². The number of carbonyl (C=O) groups excluding carboxylic acids is 1. The van der Waals surface area contributed by atoms with Crippen LogP contribution in [0, 0.1) is 5.92 Å². The molecule has 2 N–H and O–H groups in total. The van der Waals surface area contributed by atoms with Crippen LogP contribution in [0.15, 0.2) is 12.4 Å². The smallest absolute Gasteiger partial charge is 0.410 e. The quantitative estimate of drug-likeness (QED) is 0.713. The maximum Gasteiger partial charge on any atom is 0.410 e. The van der Waals surface area contributed by atoms with Gasteiger partial charge in [0.05, 0.1) is 25.1 Å². The molecule has 156 valence electrons. The van der Waals surface area contributed by atoms with E-state index in [1.807, 2.05) is 18.7 Å². The van der Waals surface area contributed by atoms with Gasteiger partial charge in [0.15, 0.2) is 5.75 Å². The highest BCUT2D eigenvalue weighted by molar-refractivity contribution is 5.67. The van der Waals surface area contributed by atoms with Gasteiger partial charge in [0, 0.05) is 32.2 Å². The summed E-state index contributed by atoms with van der Waals surface area (Å²) in [7, 11) is 0. The Balaban J connectivity index is 1.30. The Morgan fingerprint density at radius 1 is 1.21 bits per heavy atom. The summed E-state index contributed by atoms with van der Waals surface area (Å²) in [6, 6.07) is 0.215. The van der Waals surface area contributed by atoms with Gasteiger partial charge in [-0.25, -0.2) is 14.8 Å². The second-order valence-electron chi connectivity index (χ2n) is 8.07. The summed E-state index contributed by atoms with van der Waals surface area (Å²) >= 11 is 0. The number of ether oxygens (including phenoxy) is 2. The standard InChI is InChI=1S/C20H33N5O3/c1-15(2)28-20(26)24-8-5-16(6-9-24)4-3-11-27-18-12-22-19(23-13-18)25-10-7-17(21)14-25/h12-13,15-17H,3-11,14,21H2,1-2H3. The van der Waals surface area contributed by atoms with Gasteiger partial charge < -0.3 is 25.0 Å². The first-order chi connectivity index (χ1) is 13.5. The van der Waals surface area contributed by atoms with Crippen molar-refractivity contribution in [1.29, 1.82) is 0 Å². The van der Waals surface area contributed by atoms with Crippen molar-refractivity contribution < 1.29 is 14.3 Å². The molecule has 2 aliphatic rings. The molecule has 1 unspecified atom stereocenters. The van der Waals surface area contributed by atoms with E-state index < -0.39 is 0 Å². The summed E-state index contributed by atoms with van der Waals surface area (Å²) in [6.07, 6.45) is 8.38. The first-order valence-electron chi connectivity index (χ1n) is 10.4. The number of nitrogens with two attached hydrogens (primary N) is 1. The fraction of sp³-hybridized carbons (Fsp3) is 0.750. The summed E-state index contributed by atoms with van der Waals surface area (Å²) in [5.74, 6) is 2.08. The Bertz CT molecular complexity index is 617. The van der Waals surface area contributed by atoms with E-state index in [0.717, 1.165) is 64.2 Å². The van der Waals surface area contributed by atoms with Crippen molar-refractivity contribution in [2.45, 2.75) is 58.1 Å². The van der Waals surface area contributed by atoms with Crippen molar-refractivity contribution in [2.24, 2.45) is 11.7 Å². The van der Waals surface area contributed by atoms with Gasteiger partial charge in [0.2, 0.25) is 5.95 Å². The van der Waals surface area contributed by atoms with Crippen LogP contribution in [0.5, 0.6) is 5.75 Å². The number of aromatic nitrogens is 2. The molecule has 0 aromatic carbocycles. The van der Waals surface area contributed by atoms with Crippen molar-refractivity contribution in [2.75, 3.05) is 37.7 Å². The van der Waals surface area contributed by atoms with Gasteiger partial charge >= 0.3 is 6.09 Å². The first-order valence-corrected chi connectivity index (χ1v) is 10.4. The minimum Gasteiger partial charge on any atom is -0.490 e.